The van der Waals surface area contributed by atoms with E-state index >= 15 is 0 Å². The van der Waals surface area contributed by atoms with Crippen LogP contribution >= 0.6 is 19.5 Å². The summed E-state index contributed by atoms with van der Waals surface area (Å²) in [5.41, 5.74) is 3.18. The van der Waals surface area contributed by atoms with E-state index in [2.05, 4.69) is 93.4 Å². The lowest BCUT2D eigenvalue weighted by molar-refractivity contribution is 0.821. The van der Waals surface area contributed by atoms with E-state index in [1.165, 1.54) is 11.0 Å². The first-order chi connectivity index (χ1) is 14.6. The number of nitrogens with zero attached hydrogens (tertiary/aromatic N) is 3. The number of hydrogen-bond acceptors (Lipinski definition) is 5. The van der Waals surface area contributed by atoms with Gasteiger partial charge in [0, 0.05) is 30.2 Å². The fourth-order valence-corrected chi connectivity index (χ4v) is 4.51. The van der Waals surface area contributed by atoms with Crippen LogP contribution in [0.1, 0.15) is 6.42 Å². The fraction of sp³-hybridized carbons (Fsp3) is 0.217. The van der Waals surface area contributed by atoms with Crippen LogP contribution in [0.3, 0.4) is 0 Å². The van der Waals surface area contributed by atoms with Gasteiger partial charge in [-0.25, -0.2) is 4.98 Å². The number of benzene rings is 2. The molecule has 0 unspecified atom stereocenters. The summed E-state index contributed by atoms with van der Waals surface area (Å²) in [6.07, 6.45) is 7.16. The molecule has 2 heterocycles. The standard InChI is InChI=1S/C23H25ClN5P/c1-30(2)21-9-5-4-8-20(21)27-22-19(24)16-25-23(28-22)26-17-10-12-18(13-11-17)29-14-6-3-7-15-29/h3-6,8-13,16H,7,14-15H2,1-2H3,(H2,25,26,27,28). The largest absolute Gasteiger partial charge is 0.367 e. The van der Waals surface area contributed by atoms with Gasteiger partial charge in [0.25, 0.3) is 0 Å². The van der Waals surface area contributed by atoms with E-state index in [-0.39, 0.29) is 7.92 Å². The number of halogens is 1. The first kappa shape index (κ1) is 20.6. The second-order valence-electron chi connectivity index (χ2n) is 7.30. The minimum Gasteiger partial charge on any atom is -0.367 e. The molecule has 4 rings (SSSR count). The van der Waals surface area contributed by atoms with E-state index in [9.17, 15) is 0 Å². The van der Waals surface area contributed by atoms with Crippen molar-refractivity contribution in [2.45, 2.75) is 6.42 Å². The molecule has 30 heavy (non-hydrogen) atoms. The van der Waals surface area contributed by atoms with E-state index in [0.717, 1.165) is 30.9 Å². The summed E-state index contributed by atoms with van der Waals surface area (Å²) in [5, 5.41) is 8.42. The van der Waals surface area contributed by atoms with Gasteiger partial charge in [-0.05, 0) is 55.4 Å². The minimum absolute atomic E-state index is 0.251. The summed E-state index contributed by atoms with van der Waals surface area (Å²) in [4.78, 5) is 11.3. The Bertz CT molecular complexity index is 1040. The molecular weight excluding hydrogens is 413 g/mol. The normalized spacial score (nSPS) is 13.5. The van der Waals surface area contributed by atoms with Crippen LogP contribution in [0.5, 0.6) is 0 Å². The fourth-order valence-electron chi connectivity index (χ4n) is 3.37. The zero-order chi connectivity index (χ0) is 20.9. The lowest BCUT2D eigenvalue weighted by Gasteiger charge is -2.25. The SMILES string of the molecule is CP(C)c1ccccc1Nc1nc(Nc2ccc(N3CC=CCC3)cc2)ncc1Cl. The lowest BCUT2D eigenvalue weighted by Crippen LogP contribution is -2.26. The number of anilines is 5. The van der Waals surface area contributed by atoms with E-state index in [1.54, 1.807) is 6.20 Å². The molecule has 0 aliphatic carbocycles. The molecule has 0 radical (unpaired) electrons. The summed E-state index contributed by atoms with van der Waals surface area (Å²) in [5.74, 6) is 1.10. The average molecular weight is 438 g/mol. The highest BCUT2D eigenvalue weighted by Gasteiger charge is 2.11. The monoisotopic (exact) mass is 437 g/mol. The third kappa shape index (κ3) is 4.92. The van der Waals surface area contributed by atoms with Crippen LogP contribution in [-0.2, 0) is 0 Å². The maximum absolute atomic E-state index is 6.37. The summed E-state index contributed by atoms with van der Waals surface area (Å²) in [6.45, 7) is 6.47. The molecule has 2 N–H and O–H groups in total. The third-order valence-electron chi connectivity index (χ3n) is 4.93. The highest BCUT2D eigenvalue weighted by Crippen LogP contribution is 2.31. The van der Waals surface area contributed by atoms with Crippen LogP contribution in [-0.4, -0.2) is 36.4 Å². The van der Waals surface area contributed by atoms with Crippen LogP contribution in [0.4, 0.5) is 28.8 Å². The van der Waals surface area contributed by atoms with E-state index in [4.69, 9.17) is 11.6 Å². The van der Waals surface area contributed by atoms with Crippen LogP contribution in [0.2, 0.25) is 5.02 Å². The molecule has 1 aliphatic rings. The van der Waals surface area contributed by atoms with Crippen molar-refractivity contribution in [2.75, 3.05) is 42.0 Å². The minimum atomic E-state index is -0.251. The van der Waals surface area contributed by atoms with Crippen molar-refractivity contribution in [3.8, 4) is 0 Å². The third-order valence-corrected chi connectivity index (χ3v) is 6.56. The van der Waals surface area contributed by atoms with Crippen molar-refractivity contribution in [2.24, 2.45) is 0 Å². The molecule has 1 aromatic heterocycles. The number of para-hydroxylation sites is 1. The summed E-state index contributed by atoms with van der Waals surface area (Å²) >= 11 is 6.37. The highest BCUT2D eigenvalue weighted by molar-refractivity contribution is 7.64. The molecule has 0 bridgehead atoms. The molecule has 1 aliphatic heterocycles. The molecule has 3 aromatic rings. The van der Waals surface area contributed by atoms with Crippen molar-refractivity contribution >= 4 is 53.7 Å². The molecule has 0 fully saturated rings. The average Bonchev–Trinajstić information content (AvgIpc) is 2.77. The van der Waals surface area contributed by atoms with Crippen molar-refractivity contribution in [3.05, 3.63) is 71.9 Å². The molecule has 0 amide bonds. The number of hydrogen-bond donors (Lipinski definition) is 2. The molecule has 2 aromatic carbocycles. The van der Waals surface area contributed by atoms with E-state index < -0.39 is 0 Å². The van der Waals surface area contributed by atoms with Gasteiger partial charge in [0.1, 0.15) is 5.02 Å². The van der Waals surface area contributed by atoms with E-state index in [0.29, 0.717) is 16.8 Å². The predicted octanol–water partition coefficient (Wildman–Crippen LogP) is 5.75. The molecule has 0 atom stereocenters. The van der Waals surface area contributed by atoms with Gasteiger partial charge in [0.2, 0.25) is 5.95 Å². The second-order valence-corrected chi connectivity index (χ2v) is 9.98. The predicted molar refractivity (Wildman–Crippen MR) is 131 cm³/mol. The van der Waals surface area contributed by atoms with Crippen LogP contribution < -0.4 is 20.8 Å². The van der Waals surface area contributed by atoms with Crippen LogP contribution in [0.25, 0.3) is 0 Å². The highest BCUT2D eigenvalue weighted by atomic mass is 35.5. The lowest BCUT2D eigenvalue weighted by atomic mass is 10.2. The van der Waals surface area contributed by atoms with Crippen molar-refractivity contribution in [3.63, 3.8) is 0 Å². The van der Waals surface area contributed by atoms with Gasteiger partial charge >= 0.3 is 0 Å². The number of rotatable bonds is 6. The molecule has 0 spiro atoms. The first-order valence-electron chi connectivity index (χ1n) is 9.93. The van der Waals surface area contributed by atoms with Crippen molar-refractivity contribution in [1.29, 1.82) is 0 Å². The Balaban J connectivity index is 1.50. The molecule has 154 valence electrons. The Kier molecular flexibility index (Phi) is 6.51. The van der Waals surface area contributed by atoms with Crippen molar-refractivity contribution in [1.82, 2.24) is 9.97 Å². The molecule has 0 saturated heterocycles. The topological polar surface area (TPSA) is 53.1 Å². The Hall–Kier alpha value is -2.62. The Morgan fingerprint density at radius 2 is 1.80 bits per heavy atom. The van der Waals surface area contributed by atoms with Gasteiger partial charge in [-0.15, -0.1) is 0 Å². The second kappa shape index (κ2) is 9.46. The smallest absolute Gasteiger partial charge is 0.229 e. The molecule has 5 nitrogen and oxygen atoms in total. The number of nitrogens with one attached hydrogen (secondary N) is 2. The zero-order valence-electron chi connectivity index (χ0n) is 17.1. The van der Waals surface area contributed by atoms with Gasteiger partial charge in [-0.3, -0.25) is 0 Å². The maximum atomic E-state index is 6.37. The summed E-state index contributed by atoms with van der Waals surface area (Å²) in [7, 11) is -0.251. The van der Waals surface area contributed by atoms with Crippen LogP contribution in [0, 0.1) is 0 Å². The number of aromatic nitrogens is 2. The Morgan fingerprint density at radius 1 is 1.00 bits per heavy atom. The van der Waals surface area contributed by atoms with Gasteiger partial charge < -0.3 is 15.5 Å². The zero-order valence-corrected chi connectivity index (χ0v) is 18.8. The summed E-state index contributed by atoms with van der Waals surface area (Å²) in [6, 6.07) is 16.6. The molecule has 7 heteroatoms. The maximum Gasteiger partial charge on any atom is 0.229 e. The molecular formula is C23H25ClN5P. The Morgan fingerprint density at radius 3 is 2.53 bits per heavy atom. The van der Waals surface area contributed by atoms with Crippen LogP contribution in [0.15, 0.2) is 66.9 Å². The molecule has 0 saturated carbocycles. The Labute approximate surface area is 184 Å². The van der Waals surface area contributed by atoms with Crippen molar-refractivity contribution < 1.29 is 0 Å². The quantitative estimate of drug-likeness (QED) is 0.380. The van der Waals surface area contributed by atoms with Gasteiger partial charge in [0.05, 0.1) is 6.20 Å². The summed E-state index contributed by atoms with van der Waals surface area (Å²) < 4.78 is 0. The van der Waals surface area contributed by atoms with Gasteiger partial charge in [-0.1, -0.05) is 49.9 Å². The first-order valence-corrected chi connectivity index (χ1v) is 12.5. The van der Waals surface area contributed by atoms with Gasteiger partial charge in [-0.2, -0.15) is 4.98 Å². The van der Waals surface area contributed by atoms with E-state index in [1.807, 2.05) is 6.07 Å². The van der Waals surface area contributed by atoms with Gasteiger partial charge in [0.15, 0.2) is 5.82 Å².